The van der Waals surface area contributed by atoms with Gasteiger partial charge < -0.3 is 15.2 Å². The van der Waals surface area contributed by atoms with Crippen molar-refractivity contribution in [1.82, 2.24) is 4.90 Å². The van der Waals surface area contributed by atoms with Gasteiger partial charge in [-0.2, -0.15) is 0 Å². The van der Waals surface area contributed by atoms with Crippen molar-refractivity contribution in [3.63, 3.8) is 0 Å². The van der Waals surface area contributed by atoms with Gasteiger partial charge in [-0.25, -0.2) is 0 Å². The summed E-state index contributed by atoms with van der Waals surface area (Å²) in [5.74, 6) is 1.55. The Morgan fingerprint density at radius 3 is 2.38 bits per heavy atom. The molecule has 1 unspecified atom stereocenters. The summed E-state index contributed by atoms with van der Waals surface area (Å²) in [6.45, 7) is 2.90. The average Bonchev–Trinajstić information content (AvgIpc) is 2.45. The Morgan fingerprint density at radius 2 is 1.90 bits per heavy atom. The summed E-state index contributed by atoms with van der Waals surface area (Å²) in [7, 11) is 5.54. The van der Waals surface area contributed by atoms with Crippen molar-refractivity contribution in [2.75, 3.05) is 27.8 Å². The van der Waals surface area contributed by atoms with Crippen LogP contribution in [0.3, 0.4) is 0 Å². The smallest absolute Gasteiger partial charge is 0.160 e. The minimum Gasteiger partial charge on any atom is -0.493 e. The number of hydrogen-bond acceptors (Lipinski definition) is 4. The highest BCUT2D eigenvalue weighted by atomic mass is 16.5. The van der Waals surface area contributed by atoms with Crippen LogP contribution in [0.2, 0.25) is 0 Å². The summed E-state index contributed by atoms with van der Waals surface area (Å²) in [5.41, 5.74) is 7.31. The molecule has 0 bridgehead atoms. The second kappa shape index (κ2) is 6.67. The van der Waals surface area contributed by atoms with Gasteiger partial charge in [-0.15, -0.1) is 0 Å². The van der Waals surface area contributed by atoms with E-state index in [2.05, 4.69) is 31.0 Å². The Bertz CT molecular complexity index is 474. The zero-order valence-corrected chi connectivity index (χ0v) is 13.7. The normalized spacial score (nSPS) is 18.2. The van der Waals surface area contributed by atoms with E-state index in [0.29, 0.717) is 12.6 Å². The van der Waals surface area contributed by atoms with Crippen molar-refractivity contribution in [1.29, 1.82) is 0 Å². The number of rotatable bonds is 7. The summed E-state index contributed by atoms with van der Waals surface area (Å²) in [6.07, 6.45) is 4.83. The van der Waals surface area contributed by atoms with Gasteiger partial charge in [-0.05, 0) is 50.9 Å². The Hall–Kier alpha value is -1.26. The monoisotopic (exact) mass is 292 g/mol. The maximum Gasteiger partial charge on any atom is 0.160 e. The third kappa shape index (κ3) is 3.33. The lowest BCUT2D eigenvalue weighted by Gasteiger charge is -2.46. The molecule has 1 aliphatic carbocycles. The third-order valence-electron chi connectivity index (χ3n) is 4.95. The van der Waals surface area contributed by atoms with Crippen molar-refractivity contribution in [3.05, 3.63) is 23.8 Å². The summed E-state index contributed by atoms with van der Waals surface area (Å²) < 4.78 is 10.7. The summed E-state index contributed by atoms with van der Waals surface area (Å²) >= 11 is 0. The standard InChI is InChI=1S/C17H28N2O2/c1-17(12-18,19(2)14-6-5-7-14)11-13-8-9-15(20-3)16(10-13)21-4/h8-10,14H,5-7,11-12,18H2,1-4H3. The number of hydrogen-bond donors (Lipinski definition) is 1. The van der Waals surface area contributed by atoms with E-state index in [-0.39, 0.29) is 5.54 Å². The predicted molar refractivity (Wildman–Crippen MR) is 86.1 cm³/mol. The van der Waals surface area contributed by atoms with Gasteiger partial charge in [0.2, 0.25) is 0 Å². The lowest BCUT2D eigenvalue weighted by molar-refractivity contribution is 0.0499. The molecule has 0 amide bonds. The maximum absolute atomic E-state index is 6.10. The first-order valence-corrected chi connectivity index (χ1v) is 7.68. The minimum absolute atomic E-state index is 0.0231. The Labute approximate surface area is 128 Å². The fraction of sp³-hybridized carbons (Fsp3) is 0.647. The first-order valence-electron chi connectivity index (χ1n) is 7.68. The molecule has 1 aromatic rings. The van der Waals surface area contributed by atoms with Gasteiger partial charge in [-0.3, -0.25) is 4.90 Å². The maximum atomic E-state index is 6.10. The first kappa shape index (κ1) is 16.1. The van der Waals surface area contributed by atoms with Crippen LogP contribution in [0.5, 0.6) is 11.5 Å². The van der Waals surface area contributed by atoms with Crippen LogP contribution < -0.4 is 15.2 Å². The van der Waals surface area contributed by atoms with Crippen molar-refractivity contribution >= 4 is 0 Å². The van der Waals surface area contributed by atoms with E-state index < -0.39 is 0 Å². The SMILES string of the molecule is COc1ccc(CC(C)(CN)N(C)C2CCC2)cc1OC. The predicted octanol–water partition coefficient (Wildman–Crippen LogP) is 2.45. The quantitative estimate of drug-likeness (QED) is 0.838. The highest BCUT2D eigenvalue weighted by Gasteiger charge is 2.35. The molecule has 0 radical (unpaired) electrons. The lowest BCUT2D eigenvalue weighted by Crippen LogP contribution is -2.57. The van der Waals surface area contributed by atoms with Crippen LogP contribution in [-0.2, 0) is 6.42 Å². The van der Waals surface area contributed by atoms with Gasteiger partial charge >= 0.3 is 0 Å². The molecule has 0 aliphatic heterocycles. The largest absolute Gasteiger partial charge is 0.493 e. The van der Waals surface area contributed by atoms with Crippen LogP contribution in [0.25, 0.3) is 0 Å². The molecule has 1 atom stereocenters. The molecule has 0 heterocycles. The van der Waals surface area contributed by atoms with Gasteiger partial charge in [-0.1, -0.05) is 12.5 Å². The van der Waals surface area contributed by atoms with Gasteiger partial charge in [0.25, 0.3) is 0 Å². The molecule has 21 heavy (non-hydrogen) atoms. The van der Waals surface area contributed by atoms with E-state index in [1.54, 1.807) is 14.2 Å². The molecule has 2 rings (SSSR count). The number of nitrogens with zero attached hydrogens (tertiary/aromatic N) is 1. The van der Waals surface area contributed by atoms with E-state index in [1.165, 1.54) is 24.8 Å². The summed E-state index contributed by atoms with van der Waals surface area (Å²) in [5, 5.41) is 0. The minimum atomic E-state index is -0.0231. The van der Waals surface area contributed by atoms with Crippen LogP contribution in [0.4, 0.5) is 0 Å². The second-order valence-electron chi connectivity index (χ2n) is 6.26. The van der Waals surface area contributed by atoms with E-state index >= 15 is 0 Å². The second-order valence-corrected chi connectivity index (χ2v) is 6.26. The molecule has 4 nitrogen and oxygen atoms in total. The summed E-state index contributed by atoms with van der Waals surface area (Å²) in [6, 6.07) is 6.80. The third-order valence-corrected chi connectivity index (χ3v) is 4.95. The Morgan fingerprint density at radius 1 is 1.24 bits per heavy atom. The molecule has 2 N–H and O–H groups in total. The average molecular weight is 292 g/mol. The molecule has 0 aromatic heterocycles. The number of benzene rings is 1. The van der Waals surface area contributed by atoms with Crippen molar-refractivity contribution in [2.45, 2.75) is 44.2 Å². The molecular weight excluding hydrogens is 264 g/mol. The molecule has 0 saturated heterocycles. The number of ether oxygens (including phenoxy) is 2. The molecule has 1 aromatic carbocycles. The number of nitrogens with two attached hydrogens (primary N) is 1. The zero-order chi connectivity index (χ0) is 15.5. The van der Waals surface area contributed by atoms with Crippen LogP contribution in [0.15, 0.2) is 18.2 Å². The van der Waals surface area contributed by atoms with Gasteiger partial charge in [0.1, 0.15) is 0 Å². The molecule has 118 valence electrons. The van der Waals surface area contributed by atoms with Crippen LogP contribution >= 0.6 is 0 Å². The van der Waals surface area contributed by atoms with Crippen molar-refractivity contribution < 1.29 is 9.47 Å². The highest BCUT2D eigenvalue weighted by Crippen LogP contribution is 2.33. The number of likely N-dealkylation sites (N-methyl/N-ethyl adjacent to an activating group) is 1. The summed E-state index contributed by atoms with van der Waals surface area (Å²) in [4.78, 5) is 2.47. The van der Waals surface area contributed by atoms with Gasteiger partial charge in [0, 0.05) is 18.1 Å². The van der Waals surface area contributed by atoms with E-state index in [4.69, 9.17) is 15.2 Å². The Balaban J connectivity index is 2.17. The van der Waals surface area contributed by atoms with Crippen molar-refractivity contribution in [3.8, 4) is 11.5 Å². The van der Waals surface area contributed by atoms with E-state index in [9.17, 15) is 0 Å². The zero-order valence-electron chi connectivity index (χ0n) is 13.7. The van der Waals surface area contributed by atoms with Gasteiger partial charge in [0.05, 0.1) is 14.2 Å². The van der Waals surface area contributed by atoms with Gasteiger partial charge in [0.15, 0.2) is 11.5 Å². The molecule has 1 saturated carbocycles. The highest BCUT2D eigenvalue weighted by molar-refractivity contribution is 5.43. The molecule has 4 heteroatoms. The number of methoxy groups -OCH3 is 2. The van der Waals surface area contributed by atoms with E-state index in [0.717, 1.165) is 17.9 Å². The fourth-order valence-corrected chi connectivity index (χ4v) is 2.99. The first-order chi connectivity index (χ1) is 10.0. The van der Waals surface area contributed by atoms with Crippen LogP contribution in [0, 0.1) is 0 Å². The van der Waals surface area contributed by atoms with E-state index in [1.807, 2.05) is 6.07 Å². The topological polar surface area (TPSA) is 47.7 Å². The van der Waals surface area contributed by atoms with Crippen LogP contribution in [-0.4, -0.2) is 44.3 Å². The molecule has 1 aliphatic rings. The lowest BCUT2D eigenvalue weighted by atomic mass is 9.84. The molecule has 0 spiro atoms. The molecule has 1 fully saturated rings. The van der Waals surface area contributed by atoms with Crippen molar-refractivity contribution in [2.24, 2.45) is 5.73 Å². The Kier molecular flexibility index (Phi) is 5.12. The van der Waals surface area contributed by atoms with Crippen LogP contribution in [0.1, 0.15) is 31.7 Å². The fourth-order valence-electron chi connectivity index (χ4n) is 2.99. The molecular formula is C17H28N2O2.